The number of likely N-dealkylation sites (tertiary alicyclic amines) is 1. The zero-order valence-corrected chi connectivity index (χ0v) is 17.2. The summed E-state index contributed by atoms with van der Waals surface area (Å²) in [5.74, 6) is 3.43. The summed E-state index contributed by atoms with van der Waals surface area (Å²) in [6.45, 7) is 8.49. The summed E-state index contributed by atoms with van der Waals surface area (Å²) in [6.07, 6.45) is 4.38. The van der Waals surface area contributed by atoms with E-state index < -0.39 is 0 Å². The van der Waals surface area contributed by atoms with Crippen molar-refractivity contribution in [2.45, 2.75) is 44.4 Å². The predicted molar refractivity (Wildman–Crippen MR) is 113 cm³/mol. The van der Waals surface area contributed by atoms with Gasteiger partial charge in [-0.2, -0.15) is 0 Å². The largest absolute Gasteiger partial charge is 0.396 e. The van der Waals surface area contributed by atoms with Crippen molar-refractivity contribution in [1.82, 2.24) is 10.2 Å². The first-order valence-corrected chi connectivity index (χ1v) is 11.1. The lowest BCUT2D eigenvalue weighted by Gasteiger charge is -2.23. The molecule has 2 rings (SSSR count). The van der Waals surface area contributed by atoms with E-state index >= 15 is 0 Å². The summed E-state index contributed by atoms with van der Waals surface area (Å²) < 4.78 is 0. The first-order valence-electron chi connectivity index (χ1n) is 10.1. The fraction of sp³-hybridized carbons (Fsp3) is 0.667. The van der Waals surface area contributed by atoms with Crippen LogP contribution < -0.4 is 5.32 Å². The van der Waals surface area contributed by atoms with Crippen molar-refractivity contribution in [2.75, 3.05) is 38.5 Å². The number of benzene rings is 1. The topological polar surface area (TPSA) is 47.9 Å². The van der Waals surface area contributed by atoms with Gasteiger partial charge in [-0.1, -0.05) is 31.5 Å². The average Bonchev–Trinajstić information content (AvgIpc) is 3.13. The van der Waals surface area contributed by atoms with Crippen LogP contribution in [-0.4, -0.2) is 54.5 Å². The lowest BCUT2D eigenvalue weighted by molar-refractivity contribution is 0.253. The molecule has 1 fully saturated rings. The first-order chi connectivity index (χ1) is 12.8. The molecule has 0 spiro atoms. The van der Waals surface area contributed by atoms with Crippen molar-refractivity contribution in [3.05, 3.63) is 30.3 Å². The van der Waals surface area contributed by atoms with Crippen LogP contribution in [0, 0.1) is 11.8 Å². The highest BCUT2D eigenvalue weighted by atomic mass is 32.2. The van der Waals surface area contributed by atoms with Crippen LogP contribution in [0.3, 0.4) is 0 Å². The number of hydrogen-bond acceptors (Lipinski definition) is 3. The number of aliphatic hydroxyl groups is 1. The number of guanidine groups is 1. The maximum atomic E-state index is 9.25. The van der Waals surface area contributed by atoms with E-state index in [4.69, 9.17) is 4.99 Å². The molecule has 1 aromatic carbocycles. The van der Waals surface area contributed by atoms with E-state index in [-0.39, 0.29) is 6.61 Å². The van der Waals surface area contributed by atoms with Gasteiger partial charge >= 0.3 is 0 Å². The number of nitrogens with one attached hydrogen (secondary N) is 1. The Hall–Kier alpha value is -1.20. The Morgan fingerprint density at radius 1 is 1.31 bits per heavy atom. The van der Waals surface area contributed by atoms with Crippen LogP contribution in [0.5, 0.6) is 0 Å². The van der Waals surface area contributed by atoms with E-state index in [1.807, 2.05) is 11.8 Å². The van der Waals surface area contributed by atoms with Gasteiger partial charge in [-0.3, -0.25) is 4.99 Å². The third-order valence-electron chi connectivity index (χ3n) is 4.88. The number of thioether (sulfide) groups is 1. The van der Waals surface area contributed by atoms with Gasteiger partial charge in [-0.25, -0.2) is 0 Å². The molecule has 1 aliphatic rings. The Labute approximate surface area is 163 Å². The van der Waals surface area contributed by atoms with Gasteiger partial charge < -0.3 is 15.3 Å². The minimum absolute atomic E-state index is 0.263. The summed E-state index contributed by atoms with van der Waals surface area (Å²) in [7, 11) is 0. The second-order valence-corrected chi connectivity index (χ2v) is 8.18. The lowest BCUT2D eigenvalue weighted by Crippen LogP contribution is -2.40. The van der Waals surface area contributed by atoms with E-state index in [0.717, 1.165) is 51.4 Å². The molecule has 1 aromatic rings. The van der Waals surface area contributed by atoms with Crippen molar-refractivity contribution in [2.24, 2.45) is 16.8 Å². The van der Waals surface area contributed by atoms with Crippen molar-refractivity contribution in [3.8, 4) is 0 Å². The molecule has 0 bridgehead atoms. The Bertz CT molecular complexity index is 517. The summed E-state index contributed by atoms with van der Waals surface area (Å²) >= 11 is 1.96. The standard InChI is InChI=1S/C21H35N3OS/c1-3-8-18(12-14-25)15-23-21(22-4-2)24-13-11-19(16-24)17-26-20-9-6-5-7-10-20/h5-7,9-10,18-19,25H,3-4,8,11-17H2,1-2H3,(H,22,23). The molecule has 5 heteroatoms. The molecule has 0 saturated carbocycles. The van der Waals surface area contributed by atoms with Gasteiger partial charge in [0, 0.05) is 43.4 Å². The first kappa shape index (κ1) is 21.1. The molecule has 146 valence electrons. The minimum Gasteiger partial charge on any atom is -0.396 e. The summed E-state index contributed by atoms with van der Waals surface area (Å²) in [5.41, 5.74) is 0. The van der Waals surface area contributed by atoms with Crippen LogP contribution >= 0.6 is 11.8 Å². The van der Waals surface area contributed by atoms with E-state index in [0.29, 0.717) is 11.8 Å². The molecule has 0 amide bonds. The zero-order valence-electron chi connectivity index (χ0n) is 16.4. The predicted octanol–water partition coefficient (Wildman–Crippen LogP) is 3.86. The molecule has 1 heterocycles. The van der Waals surface area contributed by atoms with E-state index in [2.05, 4.69) is 54.4 Å². The van der Waals surface area contributed by atoms with Gasteiger partial charge in [-0.15, -0.1) is 11.8 Å². The maximum absolute atomic E-state index is 9.25. The quantitative estimate of drug-likeness (QED) is 0.369. The summed E-state index contributed by atoms with van der Waals surface area (Å²) in [5, 5.41) is 12.7. The molecule has 0 aromatic heterocycles. The molecular weight excluding hydrogens is 342 g/mol. The maximum Gasteiger partial charge on any atom is 0.193 e. The van der Waals surface area contributed by atoms with Crippen molar-refractivity contribution < 1.29 is 5.11 Å². The van der Waals surface area contributed by atoms with Crippen LogP contribution in [0.1, 0.15) is 39.5 Å². The van der Waals surface area contributed by atoms with E-state index in [1.165, 1.54) is 17.1 Å². The number of aliphatic imine (C=N–C) groups is 1. The van der Waals surface area contributed by atoms with Crippen molar-refractivity contribution >= 4 is 17.7 Å². The molecular formula is C21H35N3OS. The molecule has 0 aliphatic carbocycles. The van der Waals surface area contributed by atoms with Gasteiger partial charge in [0.1, 0.15) is 0 Å². The molecule has 4 nitrogen and oxygen atoms in total. The smallest absolute Gasteiger partial charge is 0.193 e. The third-order valence-corrected chi connectivity index (χ3v) is 6.13. The highest BCUT2D eigenvalue weighted by Crippen LogP contribution is 2.26. The monoisotopic (exact) mass is 377 g/mol. The Balaban J connectivity index is 1.86. The Morgan fingerprint density at radius 2 is 2.12 bits per heavy atom. The summed E-state index contributed by atoms with van der Waals surface area (Å²) in [4.78, 5) is 8.68. The molecule has 1 saturated heterocycles. The Morgan fingerprint density at radius 3 is 2.81 bits per heavy atom. The Kier molecular flexibility index (Phi) is 9.93. The van der Waals surface area contributed by atoms with Gasteiger partial charge in [-0.05, 0) is 50.2 Å². The van der Waals surface area contributed by atoms with Crippen LogP contribution in [0.4, 0.5) is 0 Å². The number of hydrogen-bond donors (Lipinski definition) is 2. The molecule has 0 radical (unpaired) electrons. The van der Waals surface area contributed by atoms with Crippen molar-refractivity contribution in [3.63, 3.8) is 0 Å². The van der Waals surface area contributed by atoms with Crippen LogP contribution in [-0.2, 0) is 0 Å². The second kappa shape index (κ2) is 12.2. The minimum atomic E-state index is 0.263. The fourth-order valence-electron chi connectivity index (χ4n) is 3.45. The van der Waals surface area contributed by atoms with Crippen LogP contribution in [0.15, 0.2) is 40.2 Å². The molecule has 2 unspecified atom stereocenters. The van der Waals surface area contributed by atoms with Crippen LogP contribution in [0.2, 0.25) is 0 Å². The molecule has 2 atom stereocenters. The SMILES string of the molecule is CCCC(CCO)CN=C(NCC)N1CCC(CSc2ccccc2)C1. The normalized spacial score (nSPS) is 19.0. The van der Waals surface area contributed by atoms with Crippen LogP contribution in [0.25, 0.3) is 0 Å². The highest BCUT2D eigenvalue weighted by molar-refractivity contribution is 7.99. The van der Waals surface area contributed by atoms with Gasteiger partial charge in [0.15, 0.2) is 5.96 Å². The zero-order chi connectivity index (χ0) is 18.6. The number of aliphatic hydroxyl groups excluding tert-OH is 1. The second-order valence-electron chi connectivity index (χ2n) is 7.09. The van der Waals surface area contributed by atoms with Gasteiger partial charge in [0.25, 0.3) is 0 Å². The lowest BCUT2D eigenvalue weighted by atomic mass is 10.0. The number of rotatable bonds is 10. The van der Waals surface area contributed by atoms with E-state index in [1.54, 1.807) is 0 Å². The third kappa shape index (κ3) is 7.20. The number of nitrogens with zero attached hydrogens (tertiary/aromatic N) is 2. The summed E-state index contributed by atoms with van der Waals surface area (Å²) in [6, 6.07) is 10.7. The molecule has 1 aliphatic heterocycles. The van der Waals surface area contributed by atoms with Gasteiger partial charge in [0.05, 0.1) is 0 Å². The highest BCUT2D eigenvalue weighted by Gasteiger charge is 2.25. The van der Waals surface area contributed by atoms with Gasteiger partial charge in [0.2, 0.25) is 0 Å². The van der Waals surface area contributed by atoms with E-state index in [9.17, 15) is 5.11 Å². The molecule has 26 heavy (non-hydrogen) atoms. The average molecular weight is 378 g/mol. The van der Waals surface area contributed by atoms with Crippen molar-refractivity contribution in [1.29, 1.82) is 0 Å². The molecule has 2 N–H and O–H groups in total. The fourth-order valence-corrected chi connectivity index (χ4v) is 4.50.